The number of carbonyl (C=O) groups excluding carboxylic acids is 1. The first-order chi connectivity index (χ1) is 8.31. The summed E-state index contributed by atoms with van der Waals surface area (Å²) in [6, 6.07) is 1.27. The highest BCUT2D eigenvalue weighted by atomic mass is 28.3. The number of ether oxygens (including phenoxy) is 1. The Morgan fingerprint density at radius 2 is 2.00 bits per heavy atom. The van der Waals surface area contributed by atoms with Crippen LogP contribution in [0, 0.1) is 11.8 Å². The van der Waals surface area contributed by atoms with Gasteiger partial charge in [0.25, 0.3) is 0 Å². The number of allylic oxidation sites excluding steroid dienone is 2. The maximum absolute atomic E-state index is 11.4. The van der Waals surface area contributed by atoms with E-state index in [1.165, 1.54) is 38.0 Å². The van der Waals surface area contributed by atoms with Gasteiger partial charge in [-0.3, -0.25) is 4.79 Å². The van der Waals surface area contributed by atoms with Crippen molar-refractivity contribution in [3.05, 3.63) is 11.6 Å². The second kappa shape index (κ2) is 6.55. The Morgan fingerprint density at radius 1 is 1.33 bits per heavy atom. The standard InChI is InChI=1S/C15H28O2Si/c1-12(11-18(3,4)5)9-13-7-6-8-14(13)10-15(16)17-2/h9,13-14H,6-8,10-11H2,1-5H3/b12-9+/t13-,14+/m0/s1. The van der Waals surface area contributed by atoms with Crippen LogP contribution in [0.5, 0.6) is 0 Å². The van der Waals surface area contributed by atoms with Crippen molar-refractivity contribution in [2.75, 3.05) is 7.11 Å². The maximum atomic E-state index is 11.4. The van der Waals surface area contributed by atoms with E-state index in [-0.39, 0.29) is 5.97 Å². The van der Waals surface area contributed by atoms with Gasteiger partial charge in [-0.05, 0) is 37.6 Å². The van der Waals surface area contributed by atoms with Crippen molar-refractivity contribution in [2.24, 2.45) is 11.8 Å². The van der Waals surface area contributed by atoms with Crippen LogP contribution in [0.15, 0.2) is 11.6 Å². The van der Waals surface area contributed by atoms with Crippen molar-refractivity contribution in [1.29, 1.82) is 0 Å². The predicted octanol–water partition coefficient (Wildman–Crippen LogP) is 4.25. The molecule has 0 aromatic carbocycles. The van der Waals surface area contributed by atoms with Gasteiger partial charge in [0.2, 0.25) is 0 Å². The Bertz CT molecular complexity index is 315. The Labute approximate surface area is 113 Å². The van der Waals surface area contributed by atoms with Crippen molar-refractivity contribution in [1.82, 2.24) is 0 Å². The van der Waals surface area contributed by atoms with Crippen LogP contribution in [0.3, 0.4) is 0 Å². The molecule has 104 valence electrons. The van der Waals surface area contributed by atoms with Crippen molar-refractivity contribution in [3.63, 3.8) is 0 Å². The van der Waals surface area contributed by atoms with Crippen LogP contribution in [0.4, 0.5) is 0 Å². The second-order valence-electron chi connectivity index (χ2n) is 6.89. The molecule has 1 saturated carbocycles. The highest BCUT2D eigenvalue weighted by Gasteiger charge is 2.28. The maximum Gasteiger partial charge on any atom is 0.305 e. The summed E-state index contributed by atoms with van der Waals surface area (Å²) in [5, 5.41) is 0. The van der Waals surface area contributed by atoms with Gasteiger partial charge < -0.3 is 4.74 Å². The summed E-state index contributed by atoms with van der Waals surface area (Å²) in [5.41, 5.74) is 1.52. The van der Waals surface area contributed by atoms with Gasteiger partial charge in [-0.2, -0.15) is 0 Å². The number of rotatable bonds is 5. The fourth-order valence-electron chi connectivity index (χ4n) is 3.10. The Kier molecular flexibility index (Phi) is 5.64. The molecule has 0 amide bonds. The van der Waals surface area contributed by atoms with Crippen LogP contribution in [0.1, 0.15) is 32.6 Å². The SMILES string of the molecule is COC(=O)C[C@H]1CCC[C@H]1/C=C(\C)C[Si](C)(C)C. The van der Waals surface area contributed by atoms with E-state index in [1.54, 1.807) is 0 Å². The van der Waals surface area contributed by atoms with Crippen LogP contribution in [0.25, 0.3) is 0 Å². The molecule has 2 nitrogen and oxygen atoms in total. The van der Waals surface area contributed by atoms with Crippen molar-refractivity contribution in [3.8, 4) is 0 Å². The molecule has 1 aliphatic carbocycles. The molecule has 3 heteroatoms. The van der Waals surface area contributed by atoms with E-state index in [1.807, 2.05) is 0 Å². The van der Waals surface area contributed by atoms with Gasteiger partial charge in [-0.1, -0.05) is 37.7 Å². The van der Waals surface area contributed by atoms with E-state index in [0.717, 1.165) is 0 Å². The number of carbonyl (C=O) groups is 1. The van der Waals surface area contributed by atoms with E-state index in [2.05, 4.69) is 32.6 Å². The summed E-state index contributed by atoms with van der Waals surface area (Å²) in [6.07, 6.45) is 6.71. The van der Waals surface area contributed by atoms with Gasteiger partial charge >= 0.3 is 5.97 Å². The van der Waals surface area contributed by atoms with Gasteiger partial charge in [0.1, 0.15) is 0 Å². The zero-order valence-corrected chi connectivity index (χ0v) is 13.6. The van der Waals surface area contributed by atoms with E-state index >= 15 is 0 Å². The fourth-order valence-corrected chi connectivity index (χ4v) is 4.89. The van der Waals surface area contributed by atoms with Gasteiger partial charge in [-0.15, -0.1) is 0 Å². The molecule has 2 atom stereocenters. The Balaban J connectivity index is 2.59. The highest BCUT2D eigenvalue weighted by Crippen LogP contribution is 2.36. The summed E-state index contributed by atoms with van der Waals surface area (Å²) >= 11 is 0. The largest absolute Gasteiger partial charge is 0.469 e. The van der Waals surface area contributed by atoms with Crippen molar-refractivity contribution < 1.29 is 9.53 Å². The minimum Gasteiger partial charge on any atom is -0.469 e. The topological polar surface area (TPSA) is 26.3 Å². The number of methoxy groups -OCH3 is 1. The molecule has 0 aromatic heterocycles. The summed E-state index contributed by atoms with van der Waals surface area (Å²) in [6.45, 7) is 9.48. The molecule has 0 saturated heterocycles. The molecule has 0 aromatic rings. The molecule has 1 aliphatic rings. The van der Waals surface area contributed by atoms with Crippen LogP contribution < -0.4 is 0 Å². The van der Waals surface area contributed by atoms with Gasteiger partial charge in [-0.25, -0.2) is 0 Å². The normalized spacial score (nSPS) is 25.3. The first-order valence-corrected chi connectivity index (χ1v) is 10.8. The van der Waals surface area contributed by atoms with Crippen molar-refractivity contribution in [2.45, 2.75) is 58.3 Å². The molecular weight excluding hydrogens is 240 g/mol. The van der Waals surface area contributed by atoms with Crippen LogP contribution >= 0.6 is 0 Å². The van der Waals surface area contributed by atoms with Gasteiger partial charge in [0, 0.05) is 14.5 Å². The third-order valence-corrected chi connectivity index (χ3v) is 5.30. The first kappa shape index (κ1) is 15.5. The van der Waals surface area contributed by atoms with E-state index in [0.29, 0.717) is 18.3 Å². The summed E-state index contributed by atoms with van der Waals surface area (Å²) < 4.78 is 4.79. The Hall–Kier alpha value is -0.573. The Morgan fingerprint density at radius 3 is 2.56 bits per heavy atom. The van der Waals surface area contributed by atoms with Gasteiger partial charge in [0.15, 0.2) is 0 Å². The van der Waals surface area contributed by atoms with Gasteiger partial charge in [0.05, 0.1) is 7.11 Å². The molecule has 0 N–H and O–H groups in total. The van der Waals surface area contributed by atoms with Crippen LogP contribution in [0.2, 0.25) is 25.7 Å². The third kappa shape index (κ3) is 5.38. The zero-order valence-electron chi connectivity index (χ0n) is 12.6. The predicted molar refractivity (Wildman–Crippen MR) is 79.4 cm³/mol. The van der Waals surface area contributed by atoms with Crippen LogP contribution in [-0.4, -0.2) is 21.2 Å². The molecule has 0 bridgehead atoms. The average molecular weight is 268 g/mol. The molecule has 0 aliphatic heterocycles. The summed E-state index contributed by atoms with van der Waals surface area (Å²) in [7, 11) is 0.472. The average Bonchev–Trinajstić information content (AvgIpc) is 2.62. The molecule has 1 rings (SSSR count). The molecule has 0 unspecified atom stereocenters. The highest BCUT2D eigenvalue weighted by molar-refractivity contribution is 6.76. The van der Waals surface area contributed by atoms with E-state index in [4.69, 9.17) is 4.74 Å². The molecular formula is C15H28O2Si. The lowest BCUT2D eigenvalue weighted by Crippen LogP contribution is -2.20. The fraction of sp³-hybridized carbons (Fsp3) is 0.800. The molecule has 0 spiro atoms. The second-order valence-corrected chi connectivity index (χ2v) is 12.4. The van der Waals surface area contributed by atoms with Crippen molar-refractivity contribution >= 4 is 14.0 Å². The quantitative estimate of drug-likeness (QED) is 0.423. The monoisotopic (exact) mass is 268 g/mol. The van der Waals surface area contributed by atoms with E-state index < -0.39 is 8.07 Å². The summed E-state index contributed by atoms with van der Waals surface area (Å²) in [4.78, 5) is 11.4. The van der Waals surface area contributed by atoms with E-state index in [9.17, 15) is 4.79 Å². The minimum absolute atomic E-state index is 0.0526. The number of hydrogen-bond donors (Lipinski definition) is 0. The lowest BCUT2D eigenvalue weighted by Gasteiger charge is -2.19. The molecule has 0 radical (unpaired) electrons. The third-order valence-electron chi connectivity index (χ3n) is 3.68. The van der Waals surface area contributed by atoms with Crippen LogP contribution in [-0.2, 0) is 9.53 Å². The number of hydrogen-bond acceptors (Lipinski definition) is 2. The molecule has 1 fully saturated rings. The summed E-state index contributed by atoms with van der Waals surface area (Å²) in [5.74, 6) is 1.05. The number of esters is 1. The lowest BCUT2D eigenvalue weighted by molar-refractivity contribution is -0.141. The first-order valence-electron chi connectivity index (χ1n) is 7.06. The lowest BCUT2D eigenvalue weighted by atomic mass is 9.91. The minimum atomic E-state index is -1.01. The smallest absolute Gasteiger partial charge is 0.305 e. The molecule has 18 heavy (non-hydrogen) atoms. The molecule has 0 heterocycles. The zero-order chi connectivity index (χ0) is 13.8.